The number of furan rings is 1. The van der Waals surface area contributed by atoms with Gasteiger partial charge in [-0.15, -0.1) is 0 Å². The van der Waals surface area contributed by atoms with E-state index < -0.39 is 5.92 Å². The van der Waals surface area contributed by atoms with Crippen LogP contribution in [0.3, 0.4) is 0 Å². The van der Waals surface area contributed by atoms with E-state index >= 15 is 0 Å². The summed E-state index contributed by atoms with van der Waals surface area (Å²) in [7, 11) is 3.59. The molecule has 3 rings (SSSR count). The summed E-state index contributed by atoms with van der Waals surface area (Å²) in [5, 5.41) is 7.14. The lowest BCUT2D eigenvalue weighted by Gasteiger charge is -2.24. The molecule has 0 unspecified atom stereocenters. The van der Waals surface area contributed by atoms with E-state index in [0.29, 0.717) is 6.54 Å². The topological polar surface area (TPSA) is 80.4 Å². The first kappa shape index (κ1) is 16.3. The molecule has 0 bridgehead atoms. The van der Waals surface area contributed by atoms with Crippen LogP contribution in [0, 0.1) is 19.8 Å². The number of nitrogens with zero attached hydrogens (tertiary/aromatic N) is 3. The Morgan fingerprint density at radius 1 is 1.42 bits per heavy atom. The minimum atomic E-state index is -0.430. The quantitative estimate of drug-likeness (QED) is 0.920. The number of rotatable bonds is 4. The first-order chi connectivity index (χ1) is 11.4. The molecule has 0 aromatic carbocycles. The second-order valence-electron chi connectivity index (χ2n) is 6.31. The Morgan fingerprint density at radius 2 is 2.17 bits per heavy atom. The molecule has 2 amide bonds. The minimum absolute atomic E-state index is 0.0300. The Balaban J connectivity index is 1.79. The summed E-state index contributed by atoms with van der Waals surface area (Å²) in [6.07, 6.45) is 3.55. The van der Waals surface area contributed by atoms with Crippen LogP contribution in [0.5, 0.6) is 0 Å². The second kappa shape index (κ2) is 6.14. The van der Waals surface area contributed by atoms with Crippen molar-refractivity contribution in [3.8, 4) is 0 Å². The molecule has 1 fully saturated rings. The average molecular weight is 330 g/mol. The summed E-state index contributed by atoms with van der Waals surface area (Å²) in [4.78, 5) is 26.5. The molecular weight excluding hydrogens is 308 g/mol. The van der Waals surface area contributed by atoms with Gasteiger partial charge in [-0.2, -0.15) is 5.10 Å². The van der Waals surface area contributed by atoms with E-state index in [0.717, 1.165) is 22.6 Å². The van der Waals surface area contributed by atoms with Gasteiger partial charge in [0.1, 0.15) is 5.76 Å². The largest absolute Gasteiger partial charge is 0.467 e. The van der Waals surface area contributed by atoms with Crippen molar-refractivity contribution in [1.82, 2.24) is 20.0 Å². The number of aromatic nitrogens is 2. The molecule has 7 heteroatoms. The number of carbonyl (C=O) groups is 2. The van der Waals surface area contributed by atoms with Crippen LogP contribution in [0.25, 0.3) is 0 Å². The number of carbonyl (C=O) groups excluding carboxylic acids is 2. The third-order valence-corrected chi connectivity index (χ3v) is 4.91. The number of hydrogen-bond acceptors (Lipinski definition) is 4. The first-order valence-corrected chi connectivity index (χ1v) is 7.95. The molecule has 24 heavy (non-hydrogen) atoms. The van der Waals surface area contributed by atoms with Gasteiger partial charge in [0, 0.05) is 31.8 Å². The summed E-state index contributed by atoms with van der Waals surface area (Å²) in [6, 6.07) is 1.57. The molecule has 0 radical (unpaired) electrons. The van der Waals surface area contributed by atoms with Crippen LogP contribution in [0.2, 0.25) is 0 Å². The molecule has 1 N–H and O–H groups in total. The third kappa shape index (κ3) is 2.70. The van der Waals surface area contributed by atoms with Gasteiger partial charge in [-0.1, -0.05) is 0 Å². The lowest BCUT2D eigenvalue weighted by atomic mass is 9.93. The maximum Gasteiger partial charge on any atom is 0.226 e. The predicted octanol–water partition coefficient (Wildman–Crippen LogP) is 1.47. The number of aryl methyl sites for hydroxylation is 2. The molecule has 1 saturated heterocycles. The highest BCUT2D eigenvalue weighted by Crippen LogP contribution is 2.38. The van der Waals surface area contributed by atoms with Crippen molar-refractivity contribution in [3.05, 3.63) is 41.1 Å². The van der Waals surface area contributed by atoms with Crippen LogP contribution >= 0.6 is 0 Å². The van der Waals surface area contributed by atoms with Crippen molar-refractivity contribution in [2.24, 2.45) is 13.0 Å². The zero-order chi connectivity index (χ0) is 17.4. The predicted molar refractivity (Wildman–Crippen MR) is 86.9 cm³/mol. The van der Waals surface area contributed by atoms with E-state index in [9.17, 15) is 9.59 Å². The molecule has 0 spiro atoms. The van der Waals surface area contributed by atoms with Gasteiger partial charge in [-0.3, -0.25) is 14.3 Å². The molecule has 3 heterocycles. The summed E-state index contributed by atoms with van der Waals surface area (Å²) in [5.74, 6) is 0.130. The maximum atomic E-state index is 12.7. The van der Waals surface area contributed by atoms with E-state index in [-0.39, 0.29) is 24.3 Å². The van der Waals surface area contributed by atoms with Crippen molar-refractivity contribution in [3.63, 3.8) is 0 Å². The highest BCUT2D eigenvalue weighted by Gasteiger charge is 2.43. The standard InChI is InChI=1S/C17H22N4O3/c1-10-5-6-24-14(10)9-18-17(23)12-7-15(22)20(3)16(12)13-8-19-21(4)11(13)2/h5-6,8,12,16H,7,9H2,1-4H3,(H,18,23)/t12-,16-/m0/s1. The van der Waals surface area contributed by atoms with Crippen molar-refractivity contribution in [1.29, 1.82) is 0 Å². The Hall–Kier alpha value is -2.57. The van der Waals surface area contributed by atoms with Crippen LogP contribution in [-0.4, -0.2) is 33.5 Å². The smallest absolute Gasteiger partial charge is 0.226 e. The van der Waals surface area contributed by atoms with Crippen molar-refractivity contribution in [2.75, 3.05) is 7.05 Å². The molecule has 128 valence electrons. The second-order valence-corrected chi connectivity index (χ2v) is 6.31. The monoisotopic (exact) mass is 330 g/mol. The highest BCUT2D eigenvalue weighted by molar-refractivity contribution is 5.90. The van der Waals surface area contributed by atoms with Gasteiger partial charge in [0.05, 0.1) is 31.0 Å². The fourth-order valence-corrected chi connectivity index (χ4v) is 3.22. The van der Waals surface area contributed by atoms with Gasteiger partial charge >= 0.3 is 0 Å². The first-order valence-electron chi connectivity index (χ1n) is 7.95. The van der Waals surface area contributed by atoms with Gasteiger partial charge in [0.2, 0.25) is 11.8 Å². The molecule has 7 nitrogen and oxygen atoms in total. The fourth-order valence-electron chi connectivity index (χ4n) is 3.22. The normalized spacial score (nSPS) is 20.7. The molecule has 1 aliphatic heterocycles. The molecule has 1 aliphatic rings. The van der Waals surface area contributed by atoms with E-state index in [1.807, 2.05) is 27.0 Å². The lowest BCUT2D eigenvalue weighted by Crippen LogP contribution is -2.34. The number of hydrogen-bond donors (Lipinski definition) is 1. The van der Waals surface area contributed by atoms with Crippen molar-refractivity contribution < 1.29 is 14.0 Å². The number of likely N-dealkylation sites (tertiary alicyclic amines) is 1. The van der Waals surface area contributed by atoms with Crippen molar-refractivity contribution >= 4 is 11.8 Å². The van der Waals surface area contributed by atoms with Crippen LogP contribution in [0.1, 0.15) is 35.0 Å². The fraction of sp³-hybridized carbons (Fsp3) is 0.471. The zero-order valence-corrected chi connectivity index (χ0v) is 14.4. The van der Waals surface area contributed by atoms with Gasteiger partial charge < -0.3 is 14.6 Å². The van der Waals surface area contributed by atoms with Gasteiger partial charge in [-0.25, -0.2) is 0 Å². The SMILES string of the molecule is Cc1ccoc1CNC(=O)[C@H]1CC(=O)N(C)[C@@H]1c1cnn(C)c1C. The van der Waals surface area contributed by atoms with Crippen LogP contribution < -0.4 is 5.32 Å². The van der Waals surface area contributed by atoms with E-state index in [1.165, 1.54) is 0 Å². The lowest BCUT2D eigenvalue weighted by molar-refractivity contribution is -0.128. The highest BCUT2D eigenvalue weighted by atomic mass is 16.3. The van der Waals surface area contributed by atoms with E-state index in [4.69, 9.17) is 4.42 Å². The average Bonchev–Trinajstić information content (AvgIpc) is 3.19. The zero-order valence-electron chi connectivity index (χ0n) is 14.4. The Labute approximate surface area is 140 Å². The summed E-state index contributed by atoms with van der Waals surface area (Å²) in [6.45, 7) is 4.20. The molecular formula is C17H22N4O3. The molecule has 2 atom stereocenters. The maximum absolute atomic E-state index is 12.7. The van der Waals surface area contributed by atoms with Crippen LogP contribution in [0.15, 0.2) is 22.9 Å². The Bertz CT molecular complexity index is 777. The molecule has 2 aromatic rings. The van der Waals surface area contributed by atoms with Crippen molar-refractivity contribution in [2.45, 2.75) is 32.9 Å². The number of amides is 2. The van der Waals surface area contributed by atoms with E-state index in [2.05, 4.69) is 10.4 Å². The summed E-state index contributed by atoms with van der Waals surface area (Å²) in [5.41, 5.74) is 2.87. The number of nitrogens with one attached hydrogen (secondary N) is 1. The summed E-state index contributed by atoms with van der Waals surface area (Å²) >= 11 is 0. The van der Waals surface area contributed by atoms with Gasteiger partial charge in [0.15, 0.2) is 0 Å². The third-order valence-electron chi connectivity index (χ3n) is 4.91. The minimum Gasteiger partial charge on any atom is -0.467 e. The van der Waals surface area contributed by atoms with Gasteiger partial charge in [0.25, 0.3) is 0 Å². The summed E-state index contributed by atoms with van der Waals surface area (Å²) < 4.78 is 7.11. The van der Waals surface area contributed by atoms with Gasteiger partial charge in [-0.05, 0) is 25.5 Å². The van der Waals surface area contributed by atoms with Crippen LogP contribution in [-0.2, 0) is 23.2 Å². The molecule has 2 aromatic heterocycles. The molecule has 0 saturated carbocycles. The Kier molecular flexibility index (Phi) is 4.17. The van der Waals surface area contributed by atoms with Crippen LogP contribution in [0.4, 0.5) is 0 Å². The molecule has 0 aliphatic carbocycles. The van der Waals surface area contributed by atoms with E-state index in [1.54, 1.807) is 29.1 Å². The Morgan fingerprint density at radius 3 is 2.75 bits per heavy atom.